The lowest BCUT2D eigenvalue weighted by Crippen LogP contribution is -2.18. The number of hydrogen-bond acceptors (Lipinski definition) is 3. The van der Waals surface area contributed by atoms with Crippen molar-refractivity contribution in [2.24, 2.45) is 0 Å². The highest BCUT2D eigenvalue weighted by Gasteiger charge is 2.05. The Morgan fingerprint density at radius 3 is 2.36 bits per heavy atom. The first kappa shape index (κ1) is 17.0. The summed E-state index contributed by atoms with van der Waals surface area (Å²) in [6, 6.07) is 22.2. The lowest BCUT2D eigenvalue weighted by molar-refractivity contribution is 0.0706. The van der Waals surface area contributed by atoms with Crippen LogP contribution < -0.4 is 10.2 Å². The van der Waals surface area contributed by atoms with E-state index in [1.807, 2.05) is 48.5 Å². The molecule has 0 atom stereocenters. The normalized spacial score (nSPS) is 10.3. The van der Waals surface area contributed by atoms with Crippen LogP contribution in [-0.2, 0) is 6.61 Å². The maximum Gasteiger partial charge on any atom is 0.274 e. The first-order valence-electron chi connectivity index (χ1n) is 7.68. The molecule has 0 radical (unpaired) electrons. The van der Waals surface area contributed by atoms with Crippen LogP contribution in [0.25, 0.3) is 11.1 Å². The lowest BCUT2D eigenvalue weighted by atomic mass is 10.0. The molecule has 5 heteroatoms. The zero-order valence-electron chi connectivity index (χ0n) is 13.3. The van der Waals surface area contributed by atoms with E-state index in [1.165, 1.54) is 0 Å². The Hall–Kier alpha value is -2.82. The molecule has 0 unspecified atom stereocenters. The summed E-state index contributed by atoms with van der Waals surface area (Å²) in [4.78, 5) is 11.4. The Labute approximate surface area is 150 Å². The second-order valence-corrected chi connectivity index (χ2v) is 5.90. The van der Waals surface area contributed by atoms with Gasteiger partial charge in [-0.2, -0.15) is 0 Å². The van der Waals surface area contributed by atoms with E-state index in [9.17, 15) is 4.79 Å². The smallest absolute Gasteiger partial charge is 0.274 e. The van der Waals surface area contributed by atoms with Gasteiger partial charge < -0.3 is 4.74 Å². The van der Waals surface area contributed by atoms with Gasteiger partial charge in [-0.05, 0) is 59.2 Å². The number of ether oxygens (including phenoxy) is 1. The van der Waals surface area contributed by atoms with Crippen molar-refractivity contribution in [3.05, 3.63) is 88.9 Å². The summed E-state index contributed by atoms with van der Waals surface area (Å²) in [6.45, 7) is 0.445. The minimum Gasteiger partial charge on any atom is -0.489 e. The number of rotatable bonds is 5. The topological polar surface area (TPSA) is 58.6 Å². The summed E-state index contributed by atoms with van der Waals surface area (Å²) in [6.07, 6.45) is 0. The quantitative estimate of drug-likeness (QED) is 0.516. The van der Waals surface area contributed by atoms with Crippen LogP contribution in [0.1, 0.15) is 15.9 Å². The molecule has 0 aliphatic heterocycles. The van der Waals surface area contributed by atoms with Gasteiger partial charge in [-0.3, -0.25) is 10.0 Å². The number of halogens is 1. The van der Waals surface area contributed by atoms with Crippen LogP contribution in [0.5, 0.6) is 5.75 Å². The third-order valence-electron chi connectivity index (χ3n) is 3.73. The van der Waals surface area contributed by atoms with Gasteiger partial charge in [0.25, 0.3) is 5.91 Å². The van der Waals surface area contributed by atoms with E-state index in [0.717, 1.165) is 22.4 Å². The molecule has 0 aliphatic carbocycles. The summed E-state index contributed by atoms with van der Waals surface area (Å²) in [7, 11) is 0. The standard InChI is InChI=1S/C20H16ClNO3/c21-18-8-10-19(11-9-18)25-13-14-2-1-3-17(12-14)15-4-6-16(7-5-15)20(23)22-24/h1-12,24H,13H2,(H,22,23). The number of benzene rings is 3. The Kier molecular flexibility index (Phi) is 5.33. The minimum atomic E-state index is -0.531. The molecule has 0 heterocycles. The zero-order chi connectivity index (χ0) is 17.6. The Morgan fingerprint density at radius 2 is 1.68 bits per heavy atom. The van der Waals surface area contributed by atoms with Gasteiger partial charge in [0.05, 0.1) is 0 Å². The van der Waals surface area contributed by atoms with Crippen LogP contribution in [0, 0.1) is 0 Å². The lowest BCUT2D eigenvalue weighted by Gasteiger charge is -2.09. The van der Waals surface area contributed by atoms with Crippen LogP contribution in [0.4, 0.5) is 0 Å². The monoisotopic (exact) mass is 353 g/mol. The van der Waals surface area contributed by atoms with Gasteiger partial charge in [0.15, 0.2) is 0 Å². The molecule has 0 saturated heterocycles. The van der Waals surface area contributed by atoms with E-state index >= 15 is 0 Å². The Morgan fingerprint density at radius 1 is 0.960 bits per heavy atom. The molecule has 0 fully saturated rings. The molecule has 3 rings (SSSR count). The molecule has 1 amide bonds. The second kappa shape index (κ2) is 7.83. The number of hydrogen-bond donors (Lipinski definition) is 2. The van der Waals surface area contributed by atoms with Crippen molar-refractivity contribution in [2.45, 2.75) is 6.61 Å². The van der Waals surface area contributed by atoms with Crippen LogP contribution in [0.15, 0.2) is 72.8 Å². The SMILES string of the molecule is O=C(NO)c1ccc(-c2cccc(COc3ccc(Cl)cc3)c2)cc1. The van der Waals surface area contributed by atoms with Crippen LogP contribution in [-0.4, -0.2) is 11.1 Å². The molecule has 0 spiro atoms. The maximum absolute atomic E-state index is 11.4. The van der Waals surface area contributed by atoms with E-state index in [0.29, 0.717) is 17.2 Å². The number of carbonyl (C=O) groups is 1. The summed E-state index contributed by atoms with van der Waals surface area (Å²) in [5, 5.41) is 9.33. The molecule has 2 N–H and O–H groups in total. The van der Waals surface area contributed by atoms with Crippen molar-refractivity contribution in [1.29, 1.82) is 0 Å². The van der Waals surface area contributed by atoms with Gasteiger partial charge >= 0.3 is 0 Å². The van der Waals surface area contributed by atoms with E-state index < -0.39 is 5.91 Å². The largest absolute Gasteiger partial charge is 0.489 e. The highest BCUT2D eigenvalue weighted by atomic mass is 35.5. The molecular formula is C20H16ClNO3. The van der Waals surface area contributed by atoms with Gasteiger partial charge in [-0.15, -0.1) is 0 Å². The van der Waals surface area contributed by atoms with Crippen molar-refractivity contribution in [2.75, 3.05) is 0 Å². The molecule has 25 heavy (non-hydrogen) atoms. The molecule has 126 valence electrons. The molecular weight excluding hydrogens is 338 g/mol. The zero-order valence-corrected chi connectivity index (χ0v) is 14.0. The average Bonchev–Trinajstić information content (AvgIpc) is 2.67. The van der Waals surface area contributed by atoms with Crippen LogP contribution in [0.2, 0.25) is 5.02 Å². The van der Waals surface area contributed by atoms with Crippen molar-refractivity contribution in [1.82, 2.24) is 5.48 Å². The fraction of sp³-hybridized carbons (Fsp3) is 0.0500. The number of amides is 1. The third kappa shape index (κ3) is 4.38. The number of hydroxylamine groups is 1. The van der Waals surface area contributed by atoms with Gasteiger partial charge in [0.2, 0.25) is 0 Å². The molecule has 0 saturated carbocycles. The van der Waals surface area contributed by atoms with Gasteiger partial charge in [0, 0.05) is 10.6 Å². The predicted octanol–water partition coefficient (Wildman–Crippen LogP) is 4.71. The summed E-state index contributed by atoms with van der Waals surface area (Å²) in [5.74, 6) is 0.228. The third-order valence-corrected chi connectivity index (χ3v) is 3.98. The minimum absolute atomic E-state index is 0.397. The van der Waals surface area contributed by atoms with Gasteiger partial charge in [-0.25, -0.2) is 5.48 Å². The average molecular weight is 354 g/mol. The number of nitrogens with one attached hydrogen (secondary N) is 1. The van der Waals surface area contributed by atoms with Crippen LogP contribution in [0.3, 0.4) is 0 Å². The molecule has 0 aliphatic rings. The summed E-state index contributed by atoms with van der Waals surface area (Å²) in [5.41, 5.74) is 5.05. The molecule has 0 bridgehead atoms. The highest BCUT2D eigenvalue weighted by Crippen LogP contribution is 2.22. The first-order chi connectivity index (χ1) is 12.2. The molecule has 0 aromatic heterocycles. The summed E-state index contributed by atoms with van der Waals surface area (Å²) < 4.78 is 5.76. The predicted molar refractivity (Wildman–Crippen MR) is 96.9 cm³/mol. The fourth-order valence-corrected chi connectivity index (χ4v) is 2.54. The van der Waals surface area contributed by atoms with Crippen molar-refractivity contribution >= 4 is 17.5 Å². The second-order valence-electron chi connectivity index (χ2n) is 5.46. The Bertz CT molecular complexity index is 861. The maximum atomic E-state index is 11.4. The number of carbonyl (C=O) groups excluding carboxylic acids is 1. The van der Waals surface area contributed by atoms with Crippen LogP contribution >= 0.6 is 11.6 Å². The highest BCUT2D eigenvalue weighted by molar-refractivity contribution is 6.30. The van der Waals surface area contributed by atoms with Crippen molar-refractivity contribution < 1.29 is 14.7 Å². The Balaban J connectivity index is 1.72. The molecule has 3 aromatic carbocycles. The van der Waals surface area contributed by atoms with Gasteiger partial charge in [0.1, 0.15) is 12.4 Å². The van der Waals surface area contributed by atoms with Crippen molar-refractivity contribution in [3.63, 3.8) is 0 Å². The molecule has 4 nitrogen and oxygen atoms in total. The van der Waals surface area contributed by atoms with E-state index in [2.05, 4.69) is 0 Å². The van der Waals surface area contributed by atoms with Crippen molar-refractivity contribution in [3.8, 4) is 16.9 Å². The molecule has 3 aromatic rings. The summed E-state index contributed by atoms with van der Waals surface area (Å²) >= 11 is 5.86. The van der Waals surface area contributed by atoms with E-state index in [-0.39, 0.29) is 0 Å². The van der Waals surface area contributed by atoms with E-state index in [4.69, 9.17) is 21.5 Å². The fourth-order valence-electron chi connectivity index (χ4n) is 2.42. The first-order valence-corrected chi connectivity index (χ1v) is 8.06. The van der Waals surface area contributed by atoms with Gasteiger partial charge in [-0.1, -0.05) is 41.9 Å². The van der Waals surface area contributed by atoms with E-state index in [1.54, 1.807) is 29.7 Å².